The summed E-state index contributed by atoms with van der Waals surface area (Å²) in [5.74, 6) is 1.78. The summed E-state index contributed by atoms with van der Waals surface area (Å²) in [6.45, 7) is 4.15. The summed E-state index contributed by atoms with van der Waals surface area (Å²) < 4.78 is 8.00. The summed E-state index contributed by atoms with van der Waals surface area (Å²) in [7, 11) is 0. The van der Waals surface area contributed by atoms with E-state index in [4.69, 9.17) is 4.74 Å². The number of nitrogens with zero attached hydrogens (tertiary/aromatic N) is 3. The third-order valence-electron chi connectivity index (χ3n) is 4.10. The predicted molar refractivity (Wildman–Crippen MR) is 116 cm³/mol. The number of benzene rings is 1. The number of para-hydroxylation sites is 1. The second-order valence-corrected chi connectivity index (χ2v) is 6.83. The topological polar surface area (TPSA) is 63.0 Å². The Balaban J connectivity index is 0.00000196. The fourth-order valence-corrected chi connectivity index (χ4v) is 3.65. The van der Waals surface area contributed by atoms with Crippen LogP contribution in [0, 0.1) is 0 Å². The summed E-state index contributed by atoms with van der Waals surface area (Å²) in [6.07, 6.45) is 5.10. The van der Waals surface area contributed by atoms with Crippen molar-refractivity contribution in [3.63, 3.8) is 0 Å². The van der Waals surface area contributed by atoms with Gasteiger partial charge in [0.05, 0.1) is 18.8 Å². The van der Waals surface area contributed by atoms with Crippen LogP contribution >= 0.6 is 35.3 Å². The molecular formula is C18H22IN5OS. The molecular weight excluding hydrogens is 461 g/mol. The van der Waals surface area contributed by atoms with Crippen molar-refractivity contribution in [2.75, 3.05) is 13.1 Å². The van der Waals surface area contributed by atoms with E-state index in [1.165, 1.54) is 5.56 Å². The van der Waals surface area contributed by atoms with E-state index in [0.717, 1.165) is 41.9 Å². The van der Waals surface area contributed by atoms with Gasteiger partial charge in [-0.2, -0.15) is 0 Å². The van der Waals surface area contributed by atoms with Gasteiger partial charge < -0.3 is 15.4 Å². The molecule has 4 rings (SSSR count). The van der Waals surface area contributed by atoms with Gasteiger partial charge in [-0.05, 0) is 18.6 Å². The lowest BCUT2D eigenvalue weighted by molar-refractivity contribution is 0.235. The second kappa shape index (κ2) is 8.72. The van der Waals surface area contributed by atoms with Gasteiger partial charge in [-0.15, -0.1) is 35.3 Å². The van der Waals surface area contributed by atoms with Crippen LogP contribution in [0.4, 0.5) is 0 Å². The van der Waals surface area contributed by atoms with E-state index in [0.29, 0.717) is 6.54 Å². The number of nitrogens with one attached hydrogen (secondary N) is 2. The largest absolute Gasteiger partial charge is 0.488 e. The van der Waals surface area contributed by atoms with E-state index < -0.39 is 0 Å². The Bertz CT molecular complexity index is 837. The molecule has 1 unspecified atom stereocenters. The first-order chi connectivity index (χ1) is 12.3. The number of hydrogen-bond donors (Lipinski definition) is 2. The smallest absolute Gasteiger partial charge is 0.193 e. The van der Waals surface area contributed by atoms with Gasteiger partial charge in [-0.3, -0.25) is 4.40 Å². The Labute approximate surface area is 173 Å². The molecule has 0 aliphatic carbocycles. The van der Waals surface area contributed by atoms with Gasteiger partial charge in [0, 0.05) is 30.7 Å². The van der Waals surface area contributed by atoms with Gasteiger partial charge in [-0.25, -0.2) is 9.98 Å². The molecule has 0 fully saturated rings. The zero-order chi connectivity index (χ0) is 17.1. The lowest BCUT2D eigenvalue weighted by Crippen LogP contribution is -2.42. The highest BCUT2D eigenvalue weighted by Crippen LogP contribution is 2.27. The summed E-state index contributed by atoms with van der Waals surface area (Å²) >= 11 is 1.63. The van der Waals surface area contributed by atoms with Crippen LogP contribution in [0.15, 0.2) is 47.0 Å². The Hall–Kier alpha value is -1.81. The maximum atomic E-state index is 5.97. The summed E-state index contributed by atoms with van der Waals surface area (Å²) in [5.41, 5.74) is 2.24. The zero-order valence-electron chi connectivity index (χ0n) is 14.5. The van der Waals surface area contributed by atoms with Crippen LogP contribution in [-0.4, -0.2) is 34.5 Å². The van der Waals surface area contributed by atoms with Crippen molar-refractivity contribution in [1.82, 2.24) is 20.0 Å². The van der Waals surface area contributed by atoms with Crippen LogP contribution in [0.2, 0.25) is 0 Å². The second-order valence-electron chi connectivity index (χ2n) is 5.95. The van der Waals surface area contributed by atoms with Crippen LogP contribution in [-0.2, 0) is 13.0 Å². The summed E-state index contributed by atoms with van der Waals surface area (Å²) in [4.78, 5) is 10.2. The van der Waals surface area contributed by atoms with E-state index in [2.05, 4.69) is 39.7 Å². The van der Waals surface area contributed by atoms with Crippen LogP contribution in [0.1, 0.15) is 18.2 Å². The normalized spacial score (nSPS) is 16.0. The van der Waals surface area contributed by atoms with E-state index in [1.807, 2.05) is 34.3 Å². The molecule has 26 heavy (non-hydrogen) atoms. The lowest BCUT2D eigenvalue weighted by Gasteiger charge is -2.15. The highest BCUT2D eigenvalue weighted by atomic mass is 127. The molecule has 138 valence electrons. The molecule has 1 aromatic carbocycles. The van der Waals surface area contributed by atoms with Gasteiger partial charge in [0.25, 0.3) is 0 Å². The molecule has 0 bridgehead atoms. The average Bonchev–Trinajstić information content (AvgIpc) is 3.30. The number of aromatic nitrogens is 2. The predicted octanol–water partition coefficient (Wildman–Crippen LogP) is 3.07. The van der Waals surface area contributed by atoms with E-state index >= 15 is 0 Å². The van der Waals surface area contributed by atoms with Crippen molar-refractivity contribution in [3.8, 4) is 5.75 Å². The van der Waals surface area contributed by atoms with Gasteiger partial charge in [0.15, 0.2) is 10.9 Å². The standard InChI is InChI=1S/C18H21N5OS.HI/c1-2-19-17(20-10-14-12-23-7-8-25-18(23)22-14)21-11-15-9-13-5-3-4-6-16(13)24-15;/h3-8,12,15H,2,9-11H2,1H3,(H2,19,20,21);1H. The number of hydrogen-bond acceptors (Lipinski definition) is 4. The molecule has 0 radical (unpaired) electrons. The van der Waals surface area contributed by atoms with Gasteiger partial charge in [0.1, 0.15) is 11.9 Å². The number of rotatable bonds is 5. The zero-order valence-corrected chi connectivity index (χ0v) is 17.7. The van der Waals surface area contributed by atoms with Crippen molar-refractivity contribution >= 4 is 46.2 Å². The van der Waals surface area contributed by atoms with Gasteiger partial charge in [0.2, 0.25) is 0 Å². The minimum absolute atomic E-state index is 0. The lowest BCUT2D eigenvalue weighted by atomic mass is 10.1. The molecule has 2 aromatic heterocycles. The van der Waals surface area contributed by atoms with E-state index in [9.17, 15) is 0 Å². The van der Waals surface area contributed by atoms with Crippen LogP contribution in [0.25, 0.3) is 4.96 Å². The highest BCUT2D eigenvalue weighted by molar-refractivity contribution is 14.0. The molecule has 2 N–H and O–H groups in total. The molecule has 0 amide bonds. The molecule has 3 aromatic rings. The first-order valence-electron chi connectivity index (χ1n) is 8.49. The quantitative estimate of drug-likeness (QED) is 0.333. The molecule has 0 spiro atoms. The van der Waals surface area contributed by atoms with Gasteiger partial charge in [-0.1, -0.05) is 18.2 Å². The SMILES string of the molecule is CCNC(=NCc1cn2ccsc2n1)NCC1Cc2ccccc2O1.I. The van der Waals surface area contributed by atoms with Crippen molar-refractivity contribution in [2.45, 2.75) is 26.0 Å². The first kappa shape index (κ1) is 19.0. The van der Waals surface area contributed by atoms with Gasteiger partial charge >= 0.3 is 0 Å². The van der Waals surface area contributed by atoms with Crippen molar-refractivity contribution in [2.24, 2.45) is 4.99 Å². The third kappa shape index (κ3) is 4.29. The number of halogens is 1. The Morgan fingerprint density at radius 1 is 1.38 bits per heavy atom. The minimum Gasteiger partial charge on any atom is -0.488 e. The molecule has 1 atom stereocenters. The van der Waals surface area contributed by atoms with Crippen LogP contribution < -0.4 is 15.4 Å². The number of fused-ring (bicyclic) bond motifs is 2. The van der Waals surface area contributed by atoms with Crippen LogP contribution in [0.3, 0.4) is 0 Å². The number of aliphatic imine (C=N–C) groups is 1. The maximum absolute atomic E-state index is 5.97. The van der Waals surface area contributed by atoms with E-state index in [-0.39, 0.29) is 30.1 Å². The fourth-order valence-electron chi connectivity index (χ4n) is 2.93. The number of imidazole rings is 1. The Morgan fingerprint density at radius 3 is 3.08 bits per heavy atom. The molecule has 6 nitrogen and oxygen atoms in total. The van der Waals surface area contributed by atoms with E-state index in [1.54, 1.807) is 11.3 Å². The maximum Gasteiger partial charge on any atom is 0.193 e. The summed E-state index contributed by atoms with van der Waals surface area (Å²) in [6, 6.07) is 8.22. The third-order valence-corrected chi connectivity index (χ3v) is 4.87. The highest BCUT2D eigenvalue weighted by Gasteiger charge is 2.22. The Morgan fingerprint density at radius 2 is 2.27 bits per heavy atom. The monoisotopic (exact) mass is 483 g/mol. The van der Waals surface area contributed by atoms with Crippen molar-refractivity contribution < 1.29 is 4.74 Å². The van der Waals surface area contributed by atoms with Crippen molar-refractivity contribution in [1.29, 1.82) is 0 Å². The number of guanidine groups is 1. The number of thiazole rings is 1. The van der Waals surface area contributed by atoms with Crippen LogP contribution in [0.5, 0.6) is 5.75 Å². The average molecular weight is 483 g/mol. The molecule has 1 aliphatic rings. The fraction of sp³-hybridized carbons (Fsp3) is 0.333. The molecule has 0 saturated carbocycles. The molecule has 3 heterocycles. The summed E-state index contributed by atoms with van der Waals surface area (Å²) in [5, 5.41) is 8.68. The molecule has 0 saturated heterocycles. The number of ether oxygens (including phenoxy) is 1. The van der Waals surface area contributed by atoms with Crippen molar-refractivity contribution in [3.05, 3.63) is 53.3 Å². The molecule has 1 aliphatic heterocycles. The molecule has 8 heteroatoms. The minimum atomic E-state index is 0. The first-order valence-corrected chi connectivity index (χ1v) is 9.37. The Kier molecular flexibility index (Phi) is 6.36.